The number of amides is 1. The number of phenols is 2. The van der Waals surface area contributed by atoms with Gasteiger partial charge in [0.1, 0.15) is 17.1 Å². The van der Waals surface area contributed by atoms with Crippen molar-refractivity contribution in [1.82, 2.24) is 0 Å². The molecule has 1 saturated heterocycles. The normalized spacial score (nSPS) is 14.1. The number of esters is 1. The van der Waals surface area contributed by atoms with E-state index in [9.17, 15) is 33.0 Å². The average Bonchev–Trinajstić information content (AvgIpc) is 2.84. The molecule has 0 spiro atoms. The molecule has 1 aliphatic rings. The van der Waals surface area contributed by atoms with Gasteiger partial charge in [0.2, 0.25) is 0 Å². The zero-order chi connectivity index (χ0) is 25.2. The predicted octanol–water partition coefficient (Wildman–Crippen LogP) is 3.90. The van der Waals surface area contributed by atoms with E-state index < -0.39 is 36.0 Å². The molecule has 0 atom stereocenters. The Bertz CT molecular complexity index is 1270. The summed E-state index contributed by atoms with van der Waals surface area (Å²) in [6, 6.07) is 10.3. The number of nitrogens with zero attached hydrogens (tertiary/aromatic N) is 1. The third-order valence-corrected chi connectivity index (χ3v) is 5.50. The van der Waals surface area contributed by atoms with Crippen LogP contribution in [-0.2, 0) is 20.4 Å². The molecule has 11 heteroatoms. The topological polar surface area (TPSA) is 108 Å². The van der Waals surface area contributed by atoms with Crippen molar-refractivity contribution < 1.29 is 42.4 Å². The van der Waals surface area contributed by atoms with Crippen molar-refractivity contribution in [3.63, 3.8) is 0 Å². The Balaban J connectivity index is 1.51. The van der Waals surface area contributed by atoms with E-state index in [0.717, 1.165) is 18.2 Å². The van der Waals surface area contributed by atoms with Crippen LogP contribution in [0.15, 0.2) is 48.5 Å². The van der Waals surface area contributed by atoms with Crippen molar-refractivity contribution in [3.8, 4) is 11.5 Å². The molecule has 1 fully saturated rings. The lowest BCUT2D eigenvalue weighted by atomic mass is 10.0. The van der Waals surface area contributed by atoms with E-state index >= 15 is 0 Å². The minimum atomic E-state index is -4.62. The maximum absolute atomic E-state index is 13.2. The molecule has 0 aromatic heterocycles. The summed E-state index contributed by atoms with van der Waals surface area (Å²) in [6.07, 6.45) is -4.62. The molecule has 184 valence electrons. The molecule has 3 aromatic carbocycles. The Hall–Kier alpha value is -3.99. The number of halogens is 3. The highest BCUT2D eigenvalue weighted by Gasteiger charge is 2.32. The first-order chi connectivity index (χ1) is 16.6. The smallest absolute Gasteiger partial charge is 0.416 e. The van der Waals surface area contributed by atoms with Crippen molar-refractivity contribution in [2.45, 2.75) is 6.18 Å². The van der Waals surface area contributed by atoms with Crippen LogP contribution in [0.2, 0.25) is 0 Å². The van der Waals surface area contributed by atoms with Gasteiger partial charge in [-0.25, -0.2) is 4.79 Å². The van der Waals surface area contributed by atoms with Crippen molar-refractivity contribution in [2.75, 3.05) is 43.1 Å². The number of morpholine rings is 1. The summed E-state index contributed by atoms with van der Waals surface area (Å²) in [7, 11) is 0. The second-order valence-electron chi connectivity index (χ2n) is 7.79. The number of anilines is 2. The van der Waals surface area contributed by atoms with Crippen molar-refractivity contribution in [2.24, 2.45) is 0 Å². The van der Waals surface area contributed by atoms with Crippen LogP contribution in [-0.4, -0.2) is 55.0 Å². The number of alkyl halides is 3. The van der Waals surface area contributed by atoms with E-state index in [1.54, 1.807) is 23.1 Å². The molecule has 1 amide bonds. The molecule has 35 heavy (non-hydrogen) atoms. The molecule has 0 bridgehead atoms. The van der Waals surface area contributed by atoms with Gasteiger partial charge in [-0.05, 0) is 24.3 Å². The molecule has 3 N–H and O–H groups in total. The molecule has 0 radical (unpaired) electrons. The summed E-state index contributed by atoms with van der Waals surface area (Å²) in [4.78, 5) is 26.7. The van der Waals surface area contributed by atoms with Crippen LogP contribution in [0.3, 0.4) is 0 Å². The molecule has 4 rings (SSSR count). The monoisotopic (exact) mass is 490 g/mol. The van der Waals surface area contributed by atoms with Crippen molar-refractivity contribution in [3.05, 3.63) is 59.7 Å². The Morgan fingerprint density at radius 2 is 1.71 bits per heavy atom. The second kappa shape index (κ2) is 9.71. The van der Waals surface area contributed by atoms with Gasteiger partial charge >= 0.3 is 12.1 Å². The first kappa shape index (κ1) is 24.1. The molecular weight excluding hydrogens is 469 g/mol. The lowest BCUT2D eigenvalue weighted by Crippen LogP contribution is -2.37. The van der Waals surface area contributed by atoms with Crippen molar-refractivity contribution >= 4 is 34.0 Å². The number of carbonyl (C=O) groups is 2. The Morgan fingerprint density at radius 1 is 1.03 bits per heavy atom. The number of ether oxygens (including phenoxy) is 2. The Labute approximate surface area is 197 Å². The van der Waals surface area contributed by atoms with Crippen LogP contribution in [0.4, 0.5) is 24.5 Å². The van der Waals surface area contributed by atoms with Gasteiger partial charge in [0.15, 0.2) is 6.61 Å². The van der Waals surface area contributed by atoms with Gasteiger partial charge in [0.05, 0.1) is 30.2 Å². The maximum atomic E-state index is 13.2. The van der Waals surface area contributed by atoms with Gasteiger partial charge in [-0.2, -0.15) is 13.2 Å². The highest BCUT2D eigenvalue weighted by molar-refractivity contribution is 6.04. The number of benzene rings is 3. The third kappa shape index (κ3) is 5.24. The highest BCUT2D eigenvalue weighted by atomic mass is 19.4. The molecular formula is C24H21F3N2O6. The van der Waals surface area contributed by atoms with E-state index in [-0.39, 0.29) is 22.4 Å². The van der Waals surface area contributed by atoms with Gasteiger partial charge < -0.3 is 29.9 Å². The number of hydrogen-bond donors (Lipinski definition) is 3. The van der Waals surface area contributed by atoms with Gasteiger partial charge in [0, 0.05) is 23.9 Å². The lowest BCUT2D eigenvalue weighted by Gasteiger charge is -2.31. The number of nitrogens with one attached hydrogen (secondary N) is 1. The van der Waals surface area contributed by atoms with Crippen LogP contribution >= 0.6 is 0 Å². The minimum Gasteiger partial charge on any atom is -0.507 e. The lowest BCUT2D eigenvalue weighted by molar-refractivity contribution is -0.137. The summed E-state index contributed by atoms with van der Waals surface area (Å²) in [5.41, 5.74) is -1.02. The average molecular weight is 490 g/mol. The Morgan fingerprint density at radius 3 is 2.40 bits per heavy atom. The largest absolute Gasteiger partial charge is 0.507 e. The van der Waals surface area contributed by atoms with E-state index in [4.69, 9.17) is 9.47 Å². The van der Waals surface area contributed by atoms with E-state index in [1.807, 2.05) is 0 Å². The summed E-state index contributed by atoms with van der Waals surface area (Å²) in [5, 5.41) is 23.4. The van der Waals surface area contributed by atoms with E-state index in [0.29, 0.717) is 37.4 Å². The molecule has 8 nitrogen and oxygen atoms in total. The molecule has 3 aromatic rings. The zero-order valence-electron chi connectivity index (χ0n) is 18.3. The molecule has 0 unspecified atom stereocenters. The first-order valence-corrected chi connectivity index (χ1v) is 10.6. The number of phenolic OH excluding ortho intramolecular Hbond substituents is 2. The fraction of sp³-hybridized carbons (Fsp3) is 0.250. The number of hydrogen-bond acceptors (Lipinski definition) is 7. The van der Waals surface area contributed by atoms with Crippen LogP contribution in [0.25, 0.3) is 10.8 Å². The first-order valence-electron chi connectivity index (χ1n) is 10.6. The van der Waals surface area contributed by atoms with Gasteiger partial charge in [-0.3, -0.25) is 4.79 Å². The standard InChI is InChI=1S/C24H21F3N2O6/c25-24(26,27)14-5-6-19(29-7-9-34-10-8-29)18(11-14)28-21(31)13-35-23(33)17-12-20(30)15-3-1-2-4-16(15)22(17)32/h1-6,11-12,30,32H,7-10,13H2,(H,28,31). The van der Waals surface area contributed by atoms with Crippen LogP contribution < -0.4 is 10.2 Å². The number of rotatable bonds is 5. The molecule has 1 heterocycles. The van der Waals surface area contributed by atoms with E-state index in [1.165, 1.54) is 12.1 Å². The number of carbonyl (C=O) groups excluding carboxylic acids is 2. The molecule has 0 aliphatic carbocycles. The summed E-state index contributed by atoms with van der Waals surface area (Å²) in [5.74, 6) is -2.67. The zero-order valence-corrected chi connectivity index (χ0v) is 18.3. The minimum absolute atomic E-state index is 0.0889. The Kier molecular flexibility index (Phi) is 6.70. The van der Waals surface area contributed by atoms with Crippen LogP contribution in [0.1, 0.15) is 15.9 Å². The van der Waals surface area contributed by atoms with Crippen LogP contribution in [0, 0.1) is 0 Å². The molecule has 0 saturated carbocycles. The van der Waals surface area contributed by atoms with Gasteiger partial charge in [0.25, 0.3) is 5.91 Å². The highest BCUT2D eigenvalue weighted by Crippen LogP contribution is 2.37. The summed E-state index contributed by atoms with van der Waals surface area (Å²) >= 11 is 0. The maximum Gasteiger partial charge on any atom is 0.416 e. The third-order valence-electron chi connectivity index (χ3n) is 5.50. The van der Waals surface area contributed by atoms with Gasteiger partial charge in [-0.1, -0.05) is 24.3 Å². The van der Waals surface area contributed by atoms with Crippen molar-refractivity contribution in [1.29, 1.82) is 0 Å². The second-order valence-corrected chi connectivity index (χ2v) is 7.79. The fourth-order valence-electron chi connectivity index (χ4n) is 3.78. The van der Waals surface area contributed by atoms with Crippen LogP contribution in [0.5, 0.6) is 11.5 Å². The van der Waals surface area contributed by atoms with Gasteiger partial charge in [-0.15, -0.1) is 0 Å². The molecule has 1 aliphatic heterocycles. The SMILES string of the molecule is O=C(COC(=O)c1cc(O)c2ccccc2c1O)Nc1cc(C(F)(F)F)ccc1N1CCOCC1. The number of fused-ring (bicyclic) bond motifs is 1. The quantitative estimate of drug-likeness (QED) is 0.368. The summed E-state index contributed by atoms with van der Waals surface area (Å²) < 4.78 is 49.9. The predicted molar refractivity (Wildman–Crippen MR) is 121 cm³/mol. The number of aromatic hydroxyl groups is 2. The fourth-order valence-corrected chi connectivity index (χ4v) is 3.78. The van der Waals surface area contributed by atoms with E-state index in [2.05, 4.69) is 5.32 Å². The summed E-state index contributed by atoms with van der Waals surface area (Å²) in [6.45, 7) is 0.787.